The number of halogens is 1. The molecule has 2 rings (SSSR count). The van der Waals surface area contributed by atoms with Crippen LogP contribution in [0.4, 0.5) is 11.5 Å². The van der Waals surface area contributed by atoms with E-state index in [9.17, 15) is 9.59 Å². The van der Waals surface area contributed by atoms with E-state index in [0.717, 1.165) is 24.8 Å². The van der Waals surface area contributed by atoms with Crippen LogP contribution in [0.25, 0.3) is 11.3 Å². The highest BCUT2D eigenvalue weighted by Crippen LogP contribution is 2.38. The van der Waals surface area contributed by atoms with Crippen LogP contribution in [0, 0.1) is 12.3 Å². The van der Waals surface area contributed by atoms with Gasteiger partial charge >= 0.3 is 0 Å². The second-order valence-corrected chi connectivity index (χ2v) is 9.68. The lowest BCUT2D eigenvalue weighted by atomic mass is 9.96. The smallest absolute Gasteiger partial charge is 0.215 e. The quantitative estimate of drug-likeness (QED) is 0.0956. The minimum Gasteiger partial charge on any atom is -0.398 e. The fourth-order valence-electron chi connectivity index (χ4n) is 4.72. The molecule has 1 atom stereocenters. The summed E-state index contributed by atoms with van der Waals surface area (Å²) in [5.74, 6) is 0.998. The number of amidine groups is 1. The predicted octanol–water partition coefficient (Wildman–Crippen LogP) is 4.83. The monoisotopic (exact) mass is 553 g/mol. The summed E-state index contributed by atoms with van der Waals surface area (Å²) in [4.78, 5) is 36.9. The van der Waals surface area contributed by atoms with E-state index < -0.39 is 0 Å². The van der Waals surface area contributed by atoms with Crippen molar-refractivity contribution in [1.29, 1.82) is 5.41 Å². The first kappa shape index (κ1) is 31.5. The van der Waals surface area contributed by atoms with Gasteiger partial charge in [0.15, 0.2) is 0 Å². The molecule has 1 aromatic heterocycles. The molecular formula is C29H40ClN7O2. The zero-order valence-corrected chi connectivity index (χ0v) is 24.3. The van der Waals surface area contributed by atoms with E-state index in [4.69, 9.17) is 27.7 Å². The molecule has 1 heterocycles. The van der Waals surface area contributed by atoms with E-state index in [1.807, 2.05) is 39.8 Å². The Balaban J connectivity index is 2.94. The zero-order chi connectivity index (χ0) is 29.1. The van der Waals surface area contributed by atoms with Crippen LogP contribution in [0.1, 0.15) is 56.7 Å². The largest absolute Gasteiger partial charge is 0.398 e. The molecule has 39 heavy (non-hydrogen) atoms. The Hall–Kier alpha value is -3.72. The molecule has 2 aromatic rings. The molecule has 0 bridgehead atoms. The van der Waals surface area contributed by atoms with Crippen LogP contribution in [-0.2, 0) is 9.59 Å². The Kier molecular flexibility index (Phi) is 12.1. The maximum atomic E-state index is 12.6. The average Bonchev–Trinajstić information content (AvgIpc) is 2.94. The number of rotatable bonds is 15. The van der Waals surface area contributed by atoms with Crippen LogP contribution in [0.5, 0.6) is 0 Å². The molecule has 10 heteroatoms. The zero-order valence-electron chi connectivity index (χ0n) is 23.5. The van der Waals surface area contributed by atoms with Gasteiger partial charge in [-0.15, -0.1) is 6.58 Å². The molecule has 0 aliphatic carbocycles. The van der Waals surface area contributed by atoms with Crippen molar-refractivity contribution in [2.24, 2.45) is 4.99 Å². The van der Waals surface area contributed by atoms with E-state index in [1.165, 1.54) is 6.21 Å². The Labute approximate surface area is 236 Å². The third kappa shape index (κ3) is 7.03. The molecule has 2 amide bonds. The highest BCUT2D eigenvalue weighted by atomic mass is 35.5. The van der Waals surface area contributed by atoms with Crippen LogP contribution < -0.4 is 16.0 Å². The number of aromatic nitrogens is 1. The number of hydrogen-bond donors (Lipinski definition) is 3. The first-order valence-corrected chi connectivity index (χ1v) is 13.5. The fourth-order valence-corrected chi connectivity index (χ4v) is 4.97. The van der Waals surface area contributed by atoms with Crippen LogP contribution in [0.2, 0.25) is 5.02 Å². The van der Waals surface area contributed by atoms with Crippen molar-refractivity contribution < 1.29 is 9.59 Å². The molecule has 0 aliphatic heterocycles. The van der Waals surface area contributed by atoms with Gasteiger partial charge in [0.25, 0.3) is 0 Å². The first-order valence-electron chi connectivity index (χ1n) is 13.1. The highest BCUT2D eigenvalue weighted by Gasteiger charge is 2.29. The van der Waals surface area contributed by atoms with Crippen molar-refractivity contribution in [1.82, 2.24) is 15.2 Å². The van der Waals surface area contributed by atoms with Gasteiger partial charge < -0.3 is 21.4 Å². The number of aliphatic imine (C=N–C) groups is 1. The van der Waals surface area contributed by atoms with Crippen LogP contribution in [0.15, 0.2) is 35.8 Å². The van der Waals surface area contributed by atoms with Gasteiger partial charge in [-0.05, 0) is 50.8 Å². The van der Waals surface area contributed by atoms with Crippen molar-refractivity contribution >= 4 is 48.0 Å². The van der Waals surface area contributed by atoms with E-state index in [1.54, 1.807) is 24.1 Å². The van der Waals surface area contributed by atoms with Crippen molar-refractivity contribution in [3.05, 3.63) is 52.6 Å². The number of carbonyl (C=O) groups excluding carboxylic acids is 2. The maximum Gasteiger partial charge on any atom is 0.215 e. The summed E-state index contributed by atoms with van der Waals surface area (Å²) in [7, 11) is 1.68. The SMILES string of the molecule is C=CCCN(C(=NC)c1cc(Cl)c(-c2c(C)ccc(N)c2C=N)nc1N(C=O)C(CC)CC)C(C)CNC=O. The van der Waals surface area contributed by atoms with E-state index in [0.29, 0.717) is 70.7 Å². The second-order valence-electron chi connectivity index (χ2n) is 9.27. The summed E-state index contributed by atoms with van der Waals surface area (Å²) in [5, 5.41) is 11.1. The summed E-state index contributed by atoms with van der Waals surface area (Å²) in [5.41, 5.74) is 9.66. The molecular weight excluding hydrogens is 514 g/mol. The number of nitrogens with two attached hydrogens (primary N) is 1. The van der Waals surface area contributed by atoms with Crippen LogP contribution in [-0.4, -0.2) is 67.0 Å². The van der Waals surface area contributed by atoms with Gasteiger partial charge in [0.05, 0.1) is 16.3 Å². The number of amides is 2. The number of aryl methyl sites for hydroxylation is 1. The Morgan fingerprint density at radius 2 is 2.00 bits per heavy atom. The fraction of sp³-hybridized carbons (Fsp3) is 0.414. The lowest BCUT2D eigenvalue weighted by Crippen LogP contribution is -2.45. The molecule has 0 spiro atoms. The number of nitrogens with zero attached hydrogens (tertiary/aromatic N) is 4. The molecule has 1 aromatic carbocycles. The molecule has 210 valence electrons. The Bertz CT molecular complexity index is 1210. The summed E-state index contributed by atoms with van der Waals surface area (Å²) in [6.45, 7) is 12.8. The first-order chi connectivity index (χ1) is 18.7. The number of carbonyl (C=O) groups is 2. The Morgan fingerprint density at radius 1 is 1.31 bits per heavy atom. The molecule has 0 aliphatic rings. The molecule has 0 fully saturated rings. The minimum atomic E-state index is -0.126. The number of nitrogens with one attached hydrogen (secondary N) is 2. The molecule has 9 nitrogen and oxygen atoms in total. The molecule has 0 radical (unpaired) electrons. The standard InChI is InChI=1S/C29H40ClN7O2/c1-7-10-13-36(20(5)16-34-17-38)28(33-6)22-14-24(30)27(26-19(4)11-12-25(32)23(26)15-31)35-29(22)37(18-39)21(8-2)9-3/h7,11-12,14-15,17-18,20-21,31H,1,8-10,13,16,32H2,2-6H3,(H,34,38). The predicted molar refractivity (Wildman–Crippen MR) is 162 cm³/mol. The number of nitrogen functional groups attached to an aromatic ring is 1. The molecule has 4 N–H and O–H groups in total. The maximum absolute atomic E-state index is 12.6. The summed E-state index contributed by atoms with van der Waals surface area (Å²) >= 11 is 6.92. The van der Waals surface area contributed by atoms with Crippen LogP contribution >= 0.6 is 11.6 Å². The van der Waals surface area contributed by atoms with Gasteiger partial charge in [-0.1, -0.05) is 37.6 Å². The minimum absolute atomic E-state index is 0.110. The van der Waals surface area contributed by atoms with E-state index in [2.05, 4.69) is 21.8 Å². The van der Waals surface area contributed by atoms with Crippen molar-refractivity contribution in [3.63, 3.8) is 0 Å². The number of benzene rings is 1. The third-order valence-corrected chi connectivity index (χ3v) is 7.13. The van der Waals surface area contributed by atoms with Gasteiger partial charge in [-0.3, -0.25) is 19.5 Å². The van der Waals surface area contributed by atoms with Gasteiger partial charge in [-0.2, -0.15) is 0 Å². The summed E-state index contributed by atoms with van der Waals surface area (Å²) < 4.78 is 0. The van der Waals surface area contributed by atoms with Gasteiger partial charge in [-0.25, -0.2) is 4.98 Å². The summed E-state index contributed by atoms with van der Waals surface area (Å²) in [6.07, 6.45) is 6.58. The highest BCUT2D eigenvalue weighted by molar-refractivity contribution is 6.34. The molecule has 0 saturated carbocycles. The van der Waals surface area contributed by atoms with Crippen LogP contribution in [0.3, 0.4) is 0 Å². The average molecular weight is 554 g/mol. The van der Waals surface area contributed by atoms with Crippen molar-refractivity contribution in [2.75, 3.05) is 30.8 Å². The van der Waals surface area contributed by atoms with Gasteiger partial charge in [0.1, 0.15) is 11.7 Å². The number of pyridine rings is 1. The summed E-state index contributed by atoms with van der Waals surface area (Å²) in [6, 6.07) is 5.15. The van der Waals surface area contributed by atoms with Crippen molar-refractivity contribution in [3.8, 4) is 11.3 Å². The number of anilines is 2. The van der Waals surface area contributed by atoms with E-state index >= 15 is 0 Å². The lowest BCUT2D eigenvalue weighted by Gasteiger charge is -2.35. The Morgan fingerprint density at radius 3 is 2.54 bits per heavy atom. The lowest BCUT2D eigenvalue weighted by molar-refractivity contribution is -0.110. The van der Waals surface area contributed by atoms with Gasteiger partial charge in [0.2, 0.25) is 12.8 Å². The van der Waals surface area contributed by atoms with Gasteiger partial charge in [0, 0.05) is 55.2 Å². The second kappa shape index (κ2) is 15.0. The molecule has 1 unspecified atom stereocenters. The van der Waals surface area contributed by atoms with Crippen molar-refractivity contribution in [2.45, 2.75) is 59.0 Å². The van der Waals surface area contributed by atoms with E-state index in [-0.39, 0.29) is 12.1 Å². The topological polar surface area (TPSA) is 128 Å². The third-order valence-electron chi connectivity index (χ3n) is 6.85. The molecule has 0 saturated heterocycles. The number of hydrogen-bond acceptors (Lipinski definition) is 6. The normalized spacial score (nSPS) is 12.1.